The summed E-state index contributed by atoms with van der Waals surface area (Å²) in [5.74, 6) is -1.23. The number of nitrogens with one attached hydrogen (secondary N) is 1. The Kier molecular flexibility index (Phi) is 3.74. The topological polar surface area (TPSA) is 75.1 Å². The van der Waals surface area contributed by atoms with E-state index in [9.17, 15) is 9.18 Å². The summed E-state index contributed by atoms with van der Waals surface area (Å²) in [5, 5.41) is 11.9. The third kappa shape index (κ3) is 2.75. The molecular formula is C12H16FN3O2. The molecule has 0 atom stereocenters. The first-order valence-electron chi connectivity index (χ1n) is 6.04. The Bertz CT molecular complexity index is 445. The quantitative estimate of drug-likeness (QED) is 0.861. The van der Waals surface area contributed by atoms with Gasteiger partial charge in [-0.25, -0.2) is 14.4 Å². The number of aliphatic carboxylic acids is 1. The SMILES string of the molecule is Cc1ncnc(NC2CCC(C(=O)O)CC2)c1F. The van der Waals surface area contributed by atoms with Crippen LogP contribution >= 0.6 is 0 Å². The molecule has 2 rings (SSSR count). The second kappa shape index (κ2) is 5.29. The lowest BCUT2D eigenvalue weighted by Gasteiger charge is -2.27. The lowest BCUT2D eigenvalue weighted by Crippen LogP contribution is -2.30. The highest BCUT2D eigenvalue weighted by Crippen LogP contribution is 2.27. The summed E-state index contributed by atoms with van der Waals surface area (Å²) < 4.78 is 13.7. The molecule has 5 nitrogen and oxygen atoms in total. The summed E-state index contributed by atoms with van der Waals surface area (Å²) in [6, 6.07) is 0.0874. The van der Waals surface area contributed by atoms with Gasteiger partial charge in [-0.3, -0.25) is 4.79 Å². The van der Waals surface area contributed by atoms with E-state index in [2.05, 4.69) is 15.3 Å². The molecule has 0 radical (unpaired) electrons. The van der Waals surface area contributed by atoms with Crippen molar-refractivity contribution >= 4 is 11.8 Å². The number of anilines is 1. The number of hydrogen-bond acceptors (Lipinski definition) is 4. The Morgan fingerprint density at radius 3 is 2.67 bits per heavy atom. The first-order chi connectivity index (χ1) is 8.58. The molecule has 0 unspecified atom stereocenters. The molecule has 98 valence electrons. The maximum absolute atomic E-state index is 13.7. The van der Waals surface area contributed by atoms with Crippen molar-refractivity contribution in [3.05, 3.63) is 17.8 Å². The molecule has 6 heteroatoms. The number of carbonyl (C=O) groups is 1. The molecule has 1 aliphatic rings. The van der Waals surface area contributed by atoms with Crippen molar-refractivity contribution < 1.29 is 14.3 Å². The molecule has 18 heavy (non-hydrogen) atoms. The van der Waals surface area contributed by atoms with E-state index in [-0.39, 0.29) is 17.8 Å². The van der Waals surface area contributed by atoms with E-state index < -0.39 is 11.8 Å². The predicted octanol–water partition coefficient (Wildman–Crippen LogP) is 1.98. The molecule has 0 aromatic carbocycles. The minimum absolute atomic E-state index is 0.0874. The van der Waals surface area contributed by atoms with Crippen molar-refractivity contribution in [3.8, 4) is 0 Å². The van der Waals surface area contributed by atoms with Gasteiger partial charge in [-0.2, -0.15) is 0 Å². The molecule has 0 saturated heterocycles. The number of rotatable bonds is 3. The number of aromatic nitrogens is 2. The van der Waals surface area contributed by atoms with Gasteiger partial charge in [-0.05, 0) is 32.6 Å². The Morgan fingerprint density at radius 2 is 2.06 bits per heavy atom. The number of carboxylic acid groups (broad SMARTS) is 1. The molecule has 1 heterocycles. The van der Waals surface area contributed by atoms with Crippen LogP contribution in [0.4, 0.5) is 10.2 Å². The smallest absolute Gasteiger partial charge is 0.306 e. The van der Waals surface area contributed by atoms with Gasteiger partial charge in [0.25, 0.3) is 0 Å². The second-order valence-electron chi connectivity index (χ2n) is 4.65. The lowest BCUT2D eigenvalue weighted by atomic mass is 9.86. The average Bonchev–Trinajstić information content (AvgIpc) is 2.36. The standard InChI is InChI=1S/C12H16FN3O2/c1-7-10(13)11(15-6-14-7)16-9-4-2-8(3-5-9)12(17)18/h6,8-9H,2-5H2,1H3,(H,17,18)(H,14,15,16). The molecule has 1 saturated carbocycles. The number of hydrogen-bond donors (Lipinski definition) is 2. The molecular weight excluding hydrogens is 237 g/mol. The summed E-state index contributed by atoms with van der Waals surface area (Å²) in [4.78, 5) is 18.5. The zero-order valence-corrected chi connectivity index (χ0v) is 10.2. The van der Waals surface area contributed by atoms with Crippen LogP contribution in [0.25, 0.3) is 0 Å². The summed E-state index contributed by atoms with van der Waals surface area (Å²) in [6.07, 6.45) is 4.01. The average molecular weight is 253 g/mol. The highest BCUT2D eigenvalue weighted by atomic mass is 19.1. The molecule has 1 fully saturated rings. The van der Waals surface area contributed by atoms with Crippen LogP contribution in [0.5, 0.6) is 0 Å². The number of halogens is 1. The van der Waals surface area contributed by atoms with Crippen LogP contribution in [0.3, 0.4) is 0 Å². The zero-order valence-electron chi connectivity index (χ0n) is 10.2. The highest BCUT2D eigenvalue weighted by Gasteiger charge is 2.26. The summed E-state index contributed by atoms with van der Waals surface area (Å²) >= 11 is 0. The third-order valence-electron chi connectivity index (χ3n) is 3.38. The van der Waals surface area contributed by atoms with Crippen molar-refractivity contribution in [1.29, 1.82) is 0 Å². The van der Waals surface area contributed by atoms with Gasteiger partial charge in [0.15, 0.2) is 11.6 Å². The molecule has 0 aliphatic heterocycles. The van der Waals surface area contributed by atoms with E-state index in [0.29, 0.717) is 18.5 Å². The normalized spacial score (nSPS) is 23.7. The Balaban J connectivity index is 1.96. The largest absolute Gasteiger partial charge is 0.481 e. The predicted molar refractivity (Wildman–Crippen MR) is 63.7 cm³/mol. The van der Waals surface area contributed by atoms with E-state index in [1.807, 2.05) is 0 Å². The van der Waals surface area contributed by atoms with Gasteiger partial charge < -0.3 is 10.4 Å². The van der Waals surface area contributed by atoms with Crippen molar-refractivity contribution in [2.24, 2.45) is 5.92 Å². The van der Waals surface area contributed by atoms with Crippen molar-refractivity contribution in [2.45, 2.75) is 38.6 Å². The van der Waals surface area contributed by atoms with E-state index in [0.717, 1.165) is 12.8 Å². The van der Waals surface area contributed by atoms with E-state index in [4.69, 9.17) is 5.11 Å². The third-order valence-corrected chi connectivity index (χ3v) is 3.38. The first kappa shape index (κ1) is 12.7. The van der Waals surface area contributed by atoms with Gasteiger partial charge in [0.05, 0.1) is 11.6 Å². The maximum Gasteiger partial charge on any atom is 0.306 e. The molecule has 1 aromatic heterocycles. The molecule has 2 N–H and O–H groups in total. The van der Waals surface area contributed by atoms with Crippen molar-refractivity contribution in [2.75, 3.05) is 5.32 Å². The monoisotopic (exact) mass is 253 g/mol. The van der Waals surface area contributed by atoms with Crippen LogP contribution < -0.4 is 5.32 Å². The number of nitrogens with zero attached hydrogens (tertiary/aromatic N) is 2. The van der Waals surface area contributed by atoms with Crippen molar-refractivity contribution in [3.63, 3.8) is 0 Å². The fraction of sp³-hybridized carbons (Fsp3) is 0.583. The summed E-state index contributed by atoms with van der Waals surface area (Å²) in [7, 11) is 0. The lowest BCUT2D eigenvalue weighted by molar-refractivity contribution is -0.142. The minimum atomic E-state index is -0.738. The zero-order chi connectivity index (χ0) is 13.1. The molecule has 0 spiro atoms. The second-order valence-corrected chi connectivity index (χ2v) is 4.65. The van der Waals surface area contributed by atoms with Gasteiger partial charge in [0, 0.05) is 6.04 Å². The van der Waals surface area contributed by atoms with Crippen LogP contribution in [-0.4, -0.2) is 27.1 Å². The van der Waals surface area contributed by atoms with E-state index in [1.54, 1.807) is 6.92 Å². The van der Waals surface area contributed by atoms with Gasteiger partial charge >= 0.3 is 5.97 Å². The van der Waals surface area contributed by atoms with Gasteiger partial charge in [0.2, 0.25) is 0 Å². The Labute approximate surface area is 104 Å². The number of carboxylic acids is 1. The van der Waals surface area contributed by atoms with Gasteiger partial charge in [-0.15, -0.1) is 0 Å². The van der Waals surface area contributed by atoms with Gasteiger partial charge in [0.1, 0.15) is 6.33 Å². The molecule has 0 amide bonds. The van der Waals surface area contributed by atoms with Crippen LogP contribution in [0.2, 0.25) is 0 Å². The molecule has 0 bridgehead atoms. The molecule has 1 aromatic rings. The Hall–Kier alpha value is -1.72. The fourth-order valence-electron chi connectivity index (χ4n) is 2.24. The first-order valence-corrected chi connectivity index (χ1v) is 6.04. The summed E-state index contributed by atoms with van der Waals surface area (Å²) in [6.45, 7) is 1.59. The fourth-order valence-corrected chi connectivity index (χ4v) is 2.24. The van der Waals surface area contributed by atoms with Crippen LogP contribution in [0, 0.1) is 18.7 Å². The van der Waals surface area contributed by atoms with Crippen LogP contribution in [0.1, 0.15) is 31.4 Å². The van der Waals surface area contributed by atoms with Crippen molar-refractivity contribution in [1.82, 2.24) is 9.97 Å². The molecule has 1 aliphatic carbocycles. The van der Waals surface area contributed by atoms with Gasteiger partial charge in [-0.1, -0.05) is 0 Å². The Morgan fingerprint density at radius 1 is 1.39 bits per heavy atom. The van der Waals surface area contributed by atoms with E-state index in [1.165, 1.54) is 6.33 Å². The summed E-state index contributed by atoms with van der Waals surface area (Å²) in [5.41, 5.74) is 0.312. The van der Waals surface area contributed by atoms with Crippen LogP contribution in [0.15, 0.2) is 6.33 Å². The number of aryl methyl sites for hydroxylation is 1. The minimum Gasteiger partial charge on any atom is -0.481 e. The van der Waals surface area contributed by atoms with Crippen LogP contribution in [-0.2, 0) is 4.79 Å². The highest BCUT2D eigenvalue weighted by molar-refractivity contribution is 5.70. The maximum atomic E-state index is 13.7. The van der Waals surface area contributed by atoms with E-state index >= 15 is 0 Å².